The van der Waals surface area contributed by atoms with Crippen LogP contribution in [-0.2, 0) is 11.4 Å². The summed E-state index contributed by atoms with van der Waals surface area (Å²) in [4.78, 5) is 11.1. The molecule has 0 bridgehead atoms. The molecule has 3 aromatic carbocycles. The third-order valence-electron chi connectivity index (χ3n) is 7.78. The number of fused-ring (bicyclic) bond motifs is 1. The molecule has 2 aliphatic heterocycles. The average molecular weight is 548 g/mol. The number of hydrogen-bond donors (Lipinski definition) is 1. The molecular formula is C32H37NO5S. The second-order valence-electron chi connectivity index (χ2n) is 11.1. The highest BCUT2D eigenvalue weighted by molar-refractivity contribution is 7.96. The summed E-state index contributed by atoms with van der Waals surface area (Å²) in [5.41, 5.74) is 6.95. The molecule has 3 aromatic rings. The van der Waals surface area contributed by atoms with Crippen molar-refractivity contribution in [3.05, 3.63) is 76.9 Å². The van der Waals surface area contributed by atoms with Gasteiger partial charge in [-0.05, 0) is 78.6 Å². The van der Waals surface area contributed by atoms with Gasteiger partial charge in [0.1, 0.15) is 23.9 Å². The zero-order valence-corrected chi connectivity index (χ0v) is 24.0. The molecule has 6 nitrogen and oxygen atoms in total. The smallest absolute Gasteiger partial charge is 0.304 e. The maximum Gasteiger partial charge on any atom is 0.304 e. The first-order valence-electron chi connectivity index (χ1n) is 13.5. The molecule has 1 N–H and O–H groups in total. The Balaban J connectivity index is 1.24. The number of carboxylic acids is 1. The van der Waals surface area contributed by atoms with E-state index in [0.29, 0.717) is 24.7 Å². The van der Waals surface area contributed by atoms with Crippen LogP contribution in [0.4, 0.5) is 0 Å². The van der Waals surface area contributed by atoms with Crippen molar-refractivity contribution < 1.29 is 24.1 Å². The van der Waals surface area contributed by atoms with E-state index < -0.39 is 5.97 Å². The molecule has 2 unspecified atom stereocenters. The Hall–Kier alpha value is -3.16. The fraction of sp³-hybridized carbons (Fsp3) is 0.406. The molecule has 206 valence electrons. The molecular weight excluding hydrogens is 510 g/mol. The van der Waals surface area contributed by atoms with Crippen LogP contribution >= 0.6 is 11.9 Å². The Morgan fingerprint density at radius 3 is 2.62 bits per heavy atom. The minimum atomic E-state index is -0.814. The molecule has 2 atom stereocenters. The molecule has 0 amide bonds. The van der Waals surface area contributed by atoms with Crippen molar-refractivity contribution in [2.75, 3.05) is 32.6 Å². The lowest BCUT2D eigenvalue weighted by atomic mass is 9.91. The van der Waals surface area contributed by atoms with Gasteiger partial charge in [0.25, 0.3) is 0 Å². The topological polar surface area (TPSA) is 68.2 Å². The van der Waals surface area contributed by atoms with E-state index in [4.69, 9.17) is 19.3 Å². The van der Waals surface area contributed by atoms with Gasteiger partial charge in [-0.2, -0.15) is 0 Å². The van der Waals surface area contributed by atoms with Gasteiger partial charge >= 0.3 is 5.97 Å². The molecule has 0 radical (unpaired) electrons. The highest BCUT2D eigenvalue weighted by Gasteiger charge is 2.34. The molecule has 1 fully saturated rings. The van der Waals surface area contributed by atoms with E-state index in [1.165, 1.54) is 16.7 Å². The summed E-state index contributed by atoms with van der Waals surface area (Å²) in [7, 11) is 0. The second-order valence-corrected chi connectivity index (χ2v) is 12.0. The number of aliphatic carboxylic acids is 1. The number of rotatable bonds is 10. The summed E-state index contributed by atoms with van der Waals surface area (Å²) in [6.45, 7) is 10.3. The Kier molecular flexibility index (Phi) is 8.10. The normalized spacial score (nSPS) is 20.5. The third-order valence-corrected chi connectivity index (χ3v) is 8.61. The minimum absolute atomic E-state index is 0.0717. The average Bonchev–Trinajstić information content (AvgIpc) is 3.49. The van der Waals surface area contributed by atoms with Gasteiger partial charge in [0.05, 0.1) is 19.6 Å². The Morgan fingerprint density at radius 2 is 1.90 bits per heavy atom. The summed E-state index contributed by atoms with van der Waals surface area (Å²) >= 11 is 1.82. The number of aryl methyl sites for hydroxylation is 2. The third kappa shape index (κ3) is 6.36. The van der Waals surface area contributed by atoms with Crippen molar-refractivity contribution in [3.8, 4) is 28.4 Å². The van der Waals surface area contributed by atoms with Crippen molar-refractivity contribution in [3.63, 3.8) is 0 Å². The number of carbonyl (C=O) groups is 1. The molecule has 39 heavy (non-hydrogen) atoms. The van der Waals surface area contributed by atoms with E-state index in [2.05, 4.69) is 67.7 Å². The first-order chi connectivity index (χ1) is 18.7. The van der Waals surface area contributed by atoms with Crippen LogP contribution in [0.1, 0.15) is 47.9 Å². The number of ether oxygens (including phenoxy) is 3. The summed E-state index contributed by atoms with van der Waals surface area (Å²) < 4.78 is 20.5. The molecule has 0 saturated carbocycles. The summed E-state index contributed by atoms with van der Waals surface area (Å²) in [6, 6.07) is 18.4. The zero-order valence-electron chi connectivity index (χ0n) is 23.2. The van der Waals surface area contributed by atoms with Crippen LogP contribution in [0.15, 0.2) is 54.6 Å². The van der Waals surface area contributed by atoms with Crippen LogP contribution in [0.2, 0.25) is 0 Å². The summed E-state index contributed by atoms with van der Waals surface area (Å²) in [5, 5.41) is 9.12. The minimum Gasteiger partial charge on any atom is -0.493 e. The van der Waals surface area contributed by atoms with E-state index in [1.807, 2.05) is 30.1 Å². The van der Waals surface area contributed by atoms with Crippen molar-refractivity contribution in [1.29, 1.82) is 0 Å². The van der Waals surface area contributed by atoms with Gasteiger partial charge in [0.15, 0.2) is 0 Å². The van der Waals surface area contributed by atoms with Crippen LogP contribution in [0.3, 0.4) is 0 Å². The standard InChI is InChI=1S/C32H37NO5S/c1-21-12-27(38-20-32(3)10-11-33(19-32)39-4)13-22(2)31(21)24-7-5-6-23(14-24)17-36-26-8-9-28-25(15-30(34)35)18-37-29(28)16-26/h5-9,12-14,16,25H,10-11,15,17-20H2,1-4H3,(H,34,35). The number of carboxylic acid groups (broad SMARTS) is 1. The van der Waals surface area contributed by atoms with Gasteiger partial charge in [-0.3, -0.25) is 9.10 Å². The van der Waals surface area contributed by atoms with Crippen molar-refractivity contribution >= 4 is 17.9 Å². The van der Waals surface area contributed by atoms with E-state index in [0.717, 1.165) is 48.6 Å². The Morgan fingerprint density at radius 1 is 1.10 bits per heavy atom. The van der Waals surface area contributed by atoms with Crippen molar-refractivity contribution in [2.45, 2.75) is 46.1 Å². The quantitative estimate of drug-likeness (QED) is 0.278. The lowest BCUT2D eigenvalue weighted by Crippen LogP contribution is -2.27. The fourth-order valence-electron chi connectivity index (χ4n) is 5.68. The largest absolute Gasteiger partial charge is 0.493 e. The van der Waals surface area contributed by atoms with E-state index >= 15 is 0 Å². The Bertz CT molecular complexity index is 1340. The first kappa shape index (κ1) is 27.4. The number of hydrogen-bond acceptors (Lipinski definition) is 6. The number of nitrogens with zero attached hydrogens (tertiary/aromatic N) is 1. The van der Waals surface area contributed by atoms with Gasteiger partial charge in [-0.25, -0.2) is 0 Å². The van der Waals surface area contributed by atoms with Crippen LogP contribution in [0.5, 0.6) is 17.2 Å². The molecule has 2 heterocycles. The van der Waals surface area contributed by atoms with Gasteiger partial charge in [0, 0.05) is 36.1 Å². The van der Waals surface area contributed by atoms with Gasteiger partial charge < -0.3 is 19.3 Å². The van der Waals surface area contributed by atoms with Gasteiger partial charge in [-0.1, -0.05) is 43.1 Å². The van der Waals surface area contributed by atoms with E-state index in [-0.39, 0.29) is 17.8 Å². The first-order valence-corrected chi connectivity index (χ1v) is 14.6. The monoisotopic (exact) mass is 547 g/mol. The summed E-state index contributed by atoms with van der Waals surface area (Å²) in [5.74, 6) is 1.43. The van der Waals surface area contributed by atoms with Crippen molar-refractivity contribution in [1.82, 2.24) is 4.31 Å². The maximum absolute atomic E-state index is 11.1. The highest BCUT2D eigenvalue weighted by atomic mass is 32.2. The lowest BCUT2D eigenvalue weighted by molar-refractivity contribution is -0.137. The highest BCUT2D eigenvalue weighted by Crippen LogP contribution is 2.39. The maximum atomic E-state index is 11.1. The molecule has 1 saturated heterocycles. The molecule has 2 aliphatic rings. The second kappa shape index (κ2) is 11.5. The predicted octanol–water partition coefficient (Wildman–Crippen LogP) is 6.87. The molecule has 5 rings (SSSR count). The zero-order chi connectivity index (χ0) is 27.6. The van der Waals surface area contributed by atoms with Crippen molar-refractivity contribution in [2.24, 2.45) is 5.41 Å². The van der Waals surface area contributed by atoms with Crippen LogP contribution in [0.25, 0.3) is 11.1 Å². The van der Waals surface area contributed by atoms with Gasteiger partial charge in [-0.15, -0.1) is 0 Å². The molecule has 0 spiro atoms. The predicted molar refractivity (Wildman–Crippen MR) is 156 cm³/mol. The van der Waals surface area contributed by atoms with Crippen LogP contribution < -0.4 is 14.2 Å². The summed E-state index contributed by atoms with van der Waals surface area (Å²) in [6.07, 6.45) is 3.37. The lowest BCUT2D eigenvalue weighted by Gasteiger charge is -2.24. The molecule has 7 heteroatoms. The van der Waals surface area contributed by atoms with Gasteiger partial charge in [0.2, 0.25) is 0 Å². The Labute approximate surface area is 235 Å². The van der Waals surface area contributed by atoms with E-state index in [9.17, 15) is 4.79 Å². The SMILES string of the molecule is CSN1CCC(C)(COc2cc(C)c(-c3cccc(COc4ccc5c(c4)OCC5CC(=O)O)c3)c(C)c2)C1. The van der Waals surface area contributed by atoms with Crippen LogP contribution in [-0.4, -0.2) is 47.9 Å². The molecule has 0 aliphatic carbocycles. The van der Waals surface area contributed by atoms with E-state index in [1.54, 1.807) is 0 Å². The number of benzene rings is 3. The molecule has 0 aromatic heterocycles. The van der Waals surface area contributed by atoms with Crippen LogP contribution in [0, 0.1) is 19.3 Å². The fourth-order valence-corrected chi connectivity index (χ4v) is 6.40.